The van der Waals surface area contributed by atoms with Crippen molar-refractivity contribution in [2.24, 2.45) is 5.73 Å². The van der Waals surface area contributed by atoms with Gasteiger partial charge in [0.1, 0.15) is 5.82 Å². The van der Waals surface area contributed by atoms with Crippen molar-refractivity contribution in [1.29, 1.82) is 0 Å². The Hall–Kier alpha value is -0.650. The van der Waals surface area contributed by atoms with Crippen molar-refractivity contribution in [3.05, 3.63) is 21.8 Å². The largest absolute Gasteiger partial charge is 0.394 e. The molecule has 0 bridgehead atoms. The quantitative estimate of drug-likeness (QED) is 0.718. The second-order valence-corrected chi connectivity index (χ2v) is 3.67. The van der Waals surface area contributed by atoms with E-state index in [-0.39, 0.29) is 6.61 Å². The van der Waals surface area contributed by atoms with Gasteiger partial charge in [-0.15, -0.1) is 0 Å². The summed E-state index contributed by atoms with van der Waals surface area (Å²) in [4.78, 5) is 3.95. The van der Waals surface area contributed by atoms with Gasteiger partial charge in [0.25, 0.3) is 0 Å². The Labute approximate surface area is 85.1 Å². The monoisotopic (exact) mass is 245 g/mol. The molecule has 5 heteroatoms. The van der Waals surface area contributed by atoms with Crippen molar-refractivity contribution in [3.63, 3.8) is 0 Å². The third-order valence-corrected chi connectivity index (χ3v) is 2.72. The van der Waals surface area contributed by atoms with E-state index < -0.39 is 6.04 Å². The van der Waals surface area contributed by atoms with Crippen LogP contribution in [-0.2, 0) is 0 Å². The Morgan fingerprint density at radius 2 is 2.31 bits per heavy atom. The second-order valence-electron chi connectivity index (χ2n) is 2.82. The lowest BCUT2D eigenvalue weighted by atomic mass is 10.0. The smallest absolute Gasteiger partial charge is 0.128 e. The van der Waals surface area contributed by atoms with E-state index in [2.05, 4.69) is 20.9 Å². The predicted octanol–water partition coefficient (Wildman–Crippen LogP) is 0.727. The number of nitrogen functional groups attached to an aromatic ring is 1. The SMILES string of the molecule is Cc1c(Br)cnc(N)c1[C@H](N)CO. The van der Waals surface area contributed by atoms with Crippen LogP contribution in [0.25, 0.3) is 0 Å². The zero-order valence-corrected chi connectivity index (χ0v) is 8.87. The molecular weight excluding hydrogens is 234 g/mol. The summed E-state index contributed by atoms with van der Waals surface area (Å²) < 4.78 is 0.848. The highest BCUT2D eigenvalue weighted by molar-refractivity contribution is 9.10. The number of nitrogens with two attached hydrogens (primary N) is 2. The van der Waals surface area contributed by atoms with Crippen molar-refractivity contribution in [3.8, 4) is 0 Å². The summed E-state index contributed by atoms with van der Waals surface area (Å²) in [5.41, 5.74) is 12.9. The first kappa shape index (κ1) is 10.4. The fraction of sp³-hybridized carbons (Fsp3) is 0.375. The molecule has 1 atom stereocenters. The van der Waals surface area contributed by atoms with Gasteiger partial charge in [-0.2, -0.15) is 0 Å². The maximum atomic E-state index is 8.90. The van der Waals surface area contributed by atoms with E-state index in [1.165, 1.54) is 0 Å². The van der Waals surface area contributed by atoms with E-state index in [0.717, 1.165) is 10.0 Å². The van der Waals surface area contributed by atoms with Gasteiger partial charge in [-0.1, -0.05) is 0 Å². The van der Waals surface area contributed by atoms with Gasteiger partial charge in [0, 0.05) is 16.2 Å². The number of hydrogen-bond donors (Lipinski definition) is 3. The summed E-state index contributed by atoms with van der Waals surface area (Å²) in [5.74, 6) is 0.377. The molecule has 0 aliphatic rings. The molecule has 0 unspecified atom stereocenters. The summed E-state index contributed by atoms with van der Waals surface area (Å²) in [6.45, 7) is 1.75. The molecular formula is C8H12BrN3O. The standard InChI is InChI=1S/C8H12BrN3O/c1-4-5(9)2-12-8(11)7(4)6(10)3-13/h2,6,13H,3,10H2,1H3,(H2,11,12)/t6-/m1/s1. The highest BCUT2D eigenvalue weighted by Crippen LogP contribution is 2.26. The number of rotatable bonds is 2. The number of nitrogens with zero attached hydrogens (tertiary/aromatic N) is 1. The van der Waals surface area contributed by atoms with Crippen LogP contribution in [0.4, 0.5) is 5.82 Å². The van der Waals surface area contributed by atoms with Crippen LogP contribution in [0.15, 0.2) is 10.7 Å². The zero-order chi connectivity index (χ0) is 10.0. The van der Waals surface area contributed by atoms with Gasteiger partial charge in [-0.25, -0.2) is 4.98 Å². The minimum atomic E-state index is -0.468. The van der Waals surface area contributed by atoms with Crippen LogP contribution < -0.4 is 11.5 Å². The molecule has 0 fully saturated rings. The molecule has 1 aromatic heterocycles. The summed E-state index contributed by atoms with van der Waals surface area (Å²) in [6, 6.07) is -0.468. The van der Waals surface area contributed by atoms with Crippen molar-refractivity contribution >= 4 is 21.7 Å². The summed E-state index contributed by atoms with van der Waals surface area (Å²) in [7, 11) is 0. The van der Waals surface area contributed by atoms with Crippen molar-refractivity contribution in [2.45, 2.75) is 13.0 Å². The van der Waals surface area contributed by atoms with Gasteiger partial charge in [0.05, 0.1) is 12.6 Å². The fourth-order valence-electron chi connectivity index (χ4n) is 1.17. The van der Waals surface area contributed by atoms with Gasteiger partial charge in [0.15, 0.2) is 0 Å². The van der Waals surface area contributed by atoms with E-state index in [1.54, 1.807) is 6.20 Å². The minimum Gasteiger partial charge on any atom is -0.394 e. The van der Waals surface area contributed by atoms with Crippen LogP contribution >= 0.6 is 15.9 Å². The van der Waals surface area contributed by atoms with Crippen LogP contribution in [0.2, 0.25) is 0 Å². The van der Waals surface area contributed by atoms with Crippen LogP contribution in [0.1, 0.15) is 17.2 Å². The Morgan fingerprint density at radius 3 is 2.85 bits per heavy atom. The normalized spacial score (nSPS) is 12.9. The van der Waals surface area contributed by atoms with Gasteiger partial charge in [0.2, 0.25) is 0 Å². The Morgan fingerprint density at radius 1 is 1.69 bits per heavy atom. The lowest BCUT2D eigenvalue weighted by Gasteiger charge is -2.14. The first-order chi connectivity index (χ1) is 6.07. The molecule has 5 N–H and O–H groups in total. The predicted molar refractivity (Wildman–Crippen MR) is 55.1 cm³/mol. The van der Waals surface area contributed by atoms with E-state index in [9.17, 15) is 0 Å². The number of aromatic nitrogens is 1. The van der Waals surface area contributed by atoms with Crippen LogP contribution in [0.3, 0.4) is 0 Å². The number of anilines is 1. The van der Waals surface area contributed by atoms with E-state index in [1.807, 2.05) is 6.92 Å². The molecule has 72 valence electrons. The number of aliphatic hydroxyl groups excluding tert-OH is 1. The van der Waals surface area contributed by atoms with E-state index in [0.29, 0.717) is 11.4 Å². The second kappa shape index (κ2) is 4.04. The topological polar surface area (TPSA) is 85.2 Å². The third-order valence-electron chi connectivity index (χ3n) is 1.92. The molecule has 13 heavy (non-hydrogen) atoms. The number of hydrogen-bond acceptors (Lipinski definition) is 4. The third kappa shape index (κ3) is 1.99. The molecule has 0 aliphatic carbocycles. The summed E-state index contributed by atoms with van der Waals surface area (Å²) in [5, 5.41) is 8.90. The first-order valence-electron chi connectivity index (χ1n) is 3.84. The average molecular weight is 246 g/mol. The minimum absolute atomic E-state index is 0.136. The van der Waals surface area contributed by atoms with Gasteiger partial charge in [-0.05, 0) is 28.4 Å². The highest BCUT2D eigenvalue weighted by atomic mass is 79.9. The van der Waals surface area contributed by atoms with E-state index in [4.69, 9.17) is 16.6 Å². The van der Waals surface area contributed by atoms with Crippen molar-refractivity contribution in [1.82, 2.24) is 4.98 Å². The molecule has 0 spiro atoms. The molecule has 1 aromatic rings. The Balaban J connectivity index is 3.25. The van der Waals surface area contributed by atoms with Gasteiger partial charge >= 0.3 is 0 Å². The van der Waals surface area contributed by atoms with E-state index >= 15 is 0 Å². The molecule has 0 aliphatic heterocycles. The highest BCUT2D eigenvalue weighted by Gasteiger charge is 2.14. The van der Waals surface area contributed by atoms with Crippen LogP contribution in [-0.4, -0.2) is 16.7 Å². The number of pyridine rings is 1. The van der Waals surface area contributed by atoms with Crippen LogP contribution in [0.5, 0.6) is 0 Å². The Kier molecular flexibility index (Phi) is 3.24. The fourth-order valence-corrected chi connectivity index (χ4v) is 1.49. The molecule has 0 aromatic carbocycles. The first-order valence-corrected chi connectivity index (χ1v) is 4.64. The molecule has 1 heterocycles. The lowest BCUT2D eigenvalue weighted by Crippen LogP contribution is -2.18. The lowest BCUT2D eigenvalue weighted by molar-refractivity contribution is 0.267. The van der Waals surface area contributed by atoms with Crippen molar-refractivity contribution in [2.75, 3.05) is 12.3 Å². The molecule has 0 saturated heterocycles. The zero-order valence-electron chi connectivity index (χ0n) is 7.29. The Bertz CT molecular complexity index is 317. The number of halogens is 1. The molecule has 1 rings (SSSR count). The van der Waals surface area contributed by atoms with Crippen molar-refractivity contribution < 1.29 is 5.11 Å². The molecule has 0 amide bonds. The maximum Gasteiger partial charge on any atom is 0.128 e. The van der Waals surface area contributed by atoms with Crippen LogP contribution in [0, 0.1) is 6.92 Å². The maximum absolute atomic E-state index is 8.90. The average Bonchev–Trinajstić information content (AvgIpc) is 2.12. The molecule has 0 saturated carbocycles. The number of aliphatic hydroxyl groups is 1. The molecule has 4 nitrogen and oxygen atoms in total. The van der Waals surface area contributed by atoms with Gasteiger partial charge < -0.3 is 16.6 Å². The summed E-state index contributed by atoms with van der Waals surface area (Å²) in [6.07, 6.45) is 1.62. The van der Waals surface area contributed by atoms with Gasteiger partial charge in [-0.3, -0.25) is 0 Å². The summed E-state index contributed by atoms with van der Waals surface area (Å²) >= 11 is 3.32. The molecule has 0 radical (unpaired) electrons.